The van der Waals surface area contributed by atoms with Gasteiger partial charge in [0.1, 0.15) is 12.2 Å². The Morgan fingerprint density at radius 2 is 1.83 bits per heavy atom. The van der Waals surface area contributed by atoms with Crippen LogP contribution >= 0.6 is 11.6 Å². The zero-order valence-electron chi connectivity index (χ0n) is 32.7. The first-order valence-electron chi connectivity index (χ1n) is 20.4. The van der Waals surface area contributed by atoms with E-state index in [1.165, 1.54) is 17.3 Å². The van der Waals surface area contributed by atoms with Crippen LogP contribution < -0.4 is 31.1 Å². The molecule has 14 nitrogen and oxygen atoms in total. The second kappa shape index (κ2) is 14.8. The summed E-state index contributed by atoms with van der Waals surface area (Å²) in [5.41, 5.74) is 9.09. The number of pyridine rings is 1. The van der Waals surface area contributed by atoms with E-state index in [2.05, 4.69) is 77.3 Å². The smallest absolute Gasteiger partial charge is 0.271 e. The van der Waals surface area contributed by atoms with Gasteiger partial charge in [-0.2, -0.15) is 0 Å². The van der Waals surface area contributed by atoms with Crippen LogP contribution in [-0.2, 0) is 22.6 Å². The molecule has 5 aliphatic rings. The molecule has 7 heterocycles. The van der Waals surface area contributed by atoms with Gasteiger partial charge in [0.05, 0.1) is 34.3 Å². The molecule has 1 spiro atoms. The Hall–Kier alpha value is -5.80. The number of rotatable bonds is 10. The second-order valence-corrected chi connectivity index (χ2v) is 17.0. The lowest BCUT2D eigenvalue weighted by Crippen LogP contribution is -2.59. The van der Waals surface area contributed by atoms with Crippen LogP contribution in [0, 0.1) is 5.41 Å². The van der Waals surface area contributed by atoms with Gasteiger partial charge in [0.2, 0.25) is 11.8 Å². The molecular formula is C43H45ClFN11O3. The lowest BCUT2D eigenvalue weighted by molar-refractivity contribution is -0.133. The number of likely N-dealkylation sites (tertiary alicyclic amines) is 1. The van der Waals surface area contributed by atoms with E-state index in [1.54, 1.807) is 4.52 Å². The minimum Gasteiger partial charge on any atom is -0.385 e. The average Bonchev–Trinajstić information content (AvgIpc) is 3.55. The number of fused-ring (bicyclic) bond motifs is 2. The first kappa shape index (κ1) is 37.5. The molecule has 3 amide bonds. The maximum atomic E-state index is 13.6. The van der Waals surface area contributed by atoms with Gasteiger partial charge in [-0.1, -0.05) is 29.8 Å². The molecule has 4 fully saturated rings. The van der Waals surface area contributed by atoms with E-state index in [0.29, 0.717) is 53.4 Å². The summed E-state index contributed by atoms with van der Waals surface area (Å²) in [5.74, 6) is -0.261. The van der Waals surface area contributed by atoms with Gasteiger partial charge in [-0.3, -0.25) is 29.6 Å². The number of carbonyl (C=O) groups excluding carboxylic acids is 3. The van der Waals surface area contributed by atoms with Gasteiger partial charge in [0.15, 0.2) is 17.2 Å². The van der Waals surface area contributed by atoms with Crippen LogP contribution in [0.15, 0.2) is 67.0 Å². The third kappa shape index (κ3) is 7.09. The maximum Gasteiger partial charge on any atom is 0.271 e. The van der Waals surface area contributed by atoms with Gasteiger partial charge in [-0.15, -0.1) is 5.10 Å². The number of carbonyl (C=O) groups is 3. The van der Waals surface area contributed by atoms with Crippen LogP contribution in [-0.4, -0.2) is 100 Å². The van der Waals surface area contributed by atoms with Crippen LogP contribution in [0.3, 0.4) is 0 Å². The highest BCUT2D eigenvalue weighted by molar-refractivity contribution is 6.33. The normalized spacial score (nSPS) is 22.3. The Labute approximate surface area is 345 Å². The number of halogens is 2. The number of hydrogen-bond acceptors (Lipinski definition) is 11. The van der Waals surface area contributed by atoms with Gasteiger partial charge in [0.25, 0.3) is 5.91 Å². The quantitative estimate of drug-likeness (QED) is 0.135. The largest absolute Gasteiger partial charge is 0.385 e. The molecule has 4 aliphatic heterocycles. The molecule has 4 N–H and O–H groups in total. The van der Waals surface area contributed by atoms with Crippen LogP contribution in [0.4, 0.5) is 33.0 Å². The molecule has 16 heteroatoms. The molecule has 304 valence electrons. The SMILES string of the molecule is CNc1cc(N2CCc3c(-c4ccc(CN5CC6(CCN(c7ccc(NC8CCC(=O)NC8=O)c(Cl)c7)CC6)C5)cn4)cccc32)nn2c(C(=O)N[C@@H]3C[C@@H]3F)cnc12. The number of amides is 3. The van der Waals surface area contributed by atoms with E-state index >= 15 is 0 Å². The highest BCUT2D eigenvalue weighted by Crippen LogP contribution is 2.43. The predicted octanol–water partition coefficient (Wildman–Crippen LogP) is 5.34. The Balaban J connectivity index is 0.759. The van der Waals surface area contributed by atoms with Gasteiger partial charge in [0, 0.05) is 88.4 Å². The molecule has 3 aromatic heterocycles. The summed E-state index contributed by atoms with van der Waals surface area (Å²) >= 11 is 6.66. The zero-order valence-corrected chi connectivity index (χ0v) is 33.4. The highest BCUT2D eigenvalue weighted by Gasteiger charge is 2.45. The first-order valence-corrected chi connectivity index (χ1v) is 20.7. The number of nitrogens with zero attached hydrogens (tertiary/aromatic N) is 7. The van der Waals surface area contributed by atoms with Crippen molar-refractivity contribution in [1.82, 2.24) is 35.1 Å². The van der Waals surface area contributed by atoms with Crippen molar-refractivity contribution >= 4 is 63.5 Å². The fourth-order valence-electron chi connectivity index (χ4n) is 9.24. The molecule has 10 rings (SSSR count). The van der Waals surface area contributed by atoms with Crippen molar-refractivity contribution in [1.29, 1.82) is 0 Å². The molecule has 2 aromatic carbocycles. The molecule has 1 unspecified atom stereocenters. The number of hydrogen-bond donors (Lipinski definition) is 4. The van der Waals surface area contributed by atoms with Crippen LogP contribution in [0.25, 0.3) is 16.9 Å². The first-order chi connectivity index (χ1) is 28.6. The minimum atomic E-state index is -1.00. The highest BCUT2D eigenvalue weighted by atomic mass is 35.5. The number of imidazole rings is 1. The predicted molar refractivity (Wildman–Crippen MR) is 224 cm³/mol. The lowest BCUT2D eigenvalue weighted by atomic mass is 9.72. The van der Waals surface area contributed by atoms with Crippen molar-refractivity contribution in [2.75, 3.05) is 60.2 Å². The van der Waals surface area contributed by atoms with Crippen molar-refractivity contribution in [2.24, 2.45) is 5.41 Å². The number of anilines is 5. The molecule has 1 saturated carbocycles. The van der Waals surface area contributed by atoms with Gasteiger partial charge < -0.3 is 25.8 Å². The van der Waals surface area contributed by atoms with Crippen molar-refractivity contribution < 1.29 is 18.8 Å². The molecular weight excluding hydrogens is 773 g/mol. The monoisotopic (exact) mass is 817 g/mol. The van der Waals surface area contributed by atoms with E-state index in [0.717, 1.165) is 80.3 Å². The summed E-state index contributed by atoms with van der Waals surface area (Å²) in [6.45, 7) is 5.64. The van der Waals surface area contributed by atoms with Crippen molar-refractivity contribution in [3.63, 3.8) is 0 Å². The summed E-state index contributed by atoms with van der Waals surface area (Å²) in [5, 5.41) is 16.9. The number of nitrogens with one attached hydrogen (secondary N) is 4. The lowest BCUT2D eigenvalue weighted by Gasteiger charge is -2.54. The minimum absolute atomic E-state index is 0.238. The summed E-state index contributed by atoms with van der Waals surface area (Å²) in [6.07, 6.45) is 6.63. The molecule has 0 radical (unpaired) electrons. The molecule has 59 heavy (non-hydrogen) atoms. The third-order valence-electron chi connectivity index (χ3n) is 12.6. The Kier molecular flexibility index (Phi) is 9.39. The number of benzene rings is 2. The van der Waals surface area contributed by atoms with Gasteiger partial charge >= 0.3 is 0 Å². The number of aromatic nitrogens is 4. The van der Waals surface area contributed by atoms with E-state index in [9.17, 15) is 18.8 Å². The standard InChI is InChI=1S/C43H45ClFN11O3/c1-46-35-19-38(52-56-37(21-48-40(35)56)42(59)50-34-18-30(34)45)55-14-11-28-27(3-2-4-36(28)55)31-7-5-25(20-47-31)22-53-23-43(24-53)12-15-54(16-13-43)26-6-8-32(29(44)17-26)49-33-9-10-39(57)51-41(33)58/h2-8,17,19-21,30,33-34,46,49H,9-16,18,22-24H2,1H3,(H,50,59)(H,51,57,58)/t30-,33?,34+/m0/s1. The summed E-state index contributed by atoms with van der Waals surface area (Å²) in [4.78, 5) is 53.2. The molecule has 3 saturated heterocycles. The van der Waals surface area contributed by atoms with Crippen LogP contribution in [0.2, 0.25) is 5.02 Å². The Morgan fingerprint density at radius 3 is 2.56 bits per heavy atom. The van der Waals surface area contributed by atoms with Crippen molar-refractivity contribution in [2.45, 2.75) is 63.3 Å². The van der Waals surface area contributed by atoms with Crippen molar-refractivity contribution in [3.05, 3.63) is 88.8 Å². The topological polar surface area (TPSA) is 152 Å². The Morgan fingerprint density at radius 1 is 1.00 bits per heavy atom. The summed E-state index contributed by atoms with van der Waals surface area (Å²) < 4.78 is 15.1. The van der Waals surface area contributed by atoms with Gasteiger partial charge in [-0.25, -0.2) is 13.9 Å². The third-order valence-corrected chi connectivity index (χ3v) is 12.9. The average molecular weight is 818 g/mol. The van der Waals surface area contributed by atoms with E-state index in [4.69, 9.17) is 21.7 Å². The second-order valence-electron chi connectivity index (χ2n) is 16.6. The number of alkyl halides is 1. The van der Waals surface area contributed by atoms with E-state index < -0.39 is 24.2 Å². The Bertz CT molecular complexity index is 2480. The molecule has 3 atom stereocenters. The van der Waals surface area contributed by atoms with Crippen LogP contribution in [0.1, 0.15) is 53.7 Å². The zero-order chi connectivity index (χ0) is 40.4. The van der Waals surface area contributed by atoms with Crippen LogP contribution in [0.5, 0.6) is 0 Å². The van der Waals surface area contributed by atoms with Crippen molar-refractivity contribution in [3.8, 4) is 11.3 Å². The van der Waals surface area contributed by atoms with Gasteiger partial charge in [-0.05, 0) is 72.6 Å². The van der Waals surface area contributed by atoms with E-state index in [-0.39, 0.29) is 17.5 Å². The molecule has 1 aliphatic carbocycles. The summed E-state index contributed by atoms with van der Waals surface area (Å²) in [7, 11) is 1.81. The molecule has 0 bridgehead atoms. The molecule has 5 aromatic rings. The fraction of sp³-hybridized carbons (Fsp3) is 0.395. The van der Waals surface area contributed by atoms with E-state index in [1.807, 2.05) is 31.4 Å². The number of imide groups is 1. The maximum absolute atomic E-state index is 13.6. The number of piperidine rings is 2. The summed E-state index contributed by atoms with van der Waals surface area (Å²) in [6, 6.07) is 17.6. The fourth-order valence-corrected chi connectivity index (χ4v) is 9.47.